The van der Waals surface area contributed by atoms with Crippen molar-refractivity contribution < 1.29 is 0 Å². The summed E-state index contributed by atoms with van der Waals surface area (Å²) in [5.74, 6) is 0.910. The molecule has 1 atom stereocenters. The fourth-order valence-electron chi connectivity index (χ4n) is 2.77. The molecule has 8 heteroatoms. The molecule has 1 aromatic rings. The Hall–Kier alpha value is -1.60. The second-order valence-corrected chi connectivity index (χ2v) is 6.30. The van der Waals surface area contributed by atoms with Crippen molar-refractivity contribution in [2.24, 2.45) is 10.1 Å². The van der Waals surface area contributed by atoms with Crippen molar-refractivity contribution in [3.63, 3.8) is 0 Å². The first-order valence-electron chi connectivity index (χ1n) is 7.16. The Morgan fingerprint density at radius 2 is 2.36 bits per heavy atom. The second-order valence-electron chi connectivity index (χ2n) is 5.09. The smallest absolute Gasteiger partial charge is 0.167 e. The largest absolute Gasteiger partial charge is 0.341 e. The Morgan fingerprint density at radius 1 is 1.50 bits per heavy atom. The van der Waals surface area contributed by atoms with Crippen LogP contribution in [0.4, 0.5) is 5.69 Å². The molecule has 2 aliphatic heterocycles. The molecule has 6 nitrogen and oxygen atoms in total. The van der Waals surface area contributed by atoms with E-state index in [9.17, 15) is 0 Å². The summed E-state index contributed by atoms with van der Waals surface area (Å²) in [5.41, 5.74) is 7.24. The van der Waals surface area contributed by atoms with Gasteiger partial charge in [-0.3, -0.25) is 10.4 Å². The van der Waals surface area contributed by atoms with Gasteiger partial charge in [0.15, 0.2) is 11.0 Å². The van der Waals surface area contributed by atoms with Crippen LogP contribution in [0.1, 0.15) is 12.8 Å². The molecule has 0 saturated carbocycles. The molecule has 0 unspecified atom stereocenters. The fourth-order valence-corrected chi connectivity index (χ4v) is 3.59. The molecule has 0 aliphatic carbocycles. The predicted octanol–water partition coefficient (Wildman–Crippen LogP) is 2.30. The zero-order valence-electron chi connectivity index (χ0n) is 12.6. The van der Waals surface area contributed by atoms with Crippen molar-refractivity contribution in [1.82, 2.24) is 15.9 Å². The monoisotopic (exact) mass is 338 g/mol. The van der Waals surface area contributed by atoms with Gasteiger partial charge in [-0.15, -0.1) is 5.10 Å². The molecule has 22 heavy (non-hydrogen) atoms. The van der Waals surface area contributed by atoms with Crippen LogP contribution in [-0.2, 0) is 0 Å². The van der Waals surface area contributed by atoms with E-state index in [4.69, 9.17) is 11.6 Å². The zero-order chi connectivity index (χ0) is 15.5. The number of aliphatic imine (C=N–C) groups is 1. The van der Waals surface area contributed by atoms with E-state index in [0.29, 0.717) is 5.02 Å². The highest BCUT2D eigenvalue weighted by molar-refractivity contribution is 8.13. The summed E-state index contributed by atoms with van der Waals surface area (Å²) in [6, 6.07) is 7.84. The Morgan fingerprint density at radius 3 is 3.09 bits per heavy atom. The molecule has 118 valence electrons. The minimum absolute atomic E-state index is 0.225. The van der Waals surface area contributed by atoms with Crippen LogP contribution >= 0.6 is 23.4 Å². The van der Waals surface area contributed by atoms with Gasteiger partial charge in [-0.25, -0.2) is 0 Å². The normalized spacial score (nSPS) is 21.7. The molecule has 0 spiro atoms. The van der Waals surface area contributed by atoms with E-state index >= 15 is 0 Å². The van der Waals surface area contributed by atoms with Gasteiger partial charge in [0.25, 0.3) is 0 Å². The molecule has 0 bridgehead atoms. The SMILES string of the molecule is CN=C(SC)N1CCC[C@@H]1C1=NNN(c2cccc(Cl)c2)N1. The molecule has 0 radical (unpaired) electrons. The number of anilines is 1. The molecule has 0 aromatic heterocycles. The van der Waals surface area contributed by atoms with Crippen LogP contribution in [-0.4, -0.2) is 41.8 Å². The second kappa shape index (κ2) is 6.66. The summed E-state index contributed by atoms with van der Waals surface area (Å²) in [5, 5.41) is 7.96. The third kappa shape index (κ3) is 2.96. The summed E-state index contributed by atoms with van der Waals surface area (Å²) >= 11 is 7.71. The van der Waals surface area contributed by atoms with Crippen LogP contribution in [0.3, 0.4) is 0 Å². The molecule has 1 aromatic carbocycles. The van der Waals surface area contributed by atoms with Gasteiger partial charge in [0.05, 0.1) is 11.7 Å². The number of thioether (sulfide) groups is 1. The highest BCUT2D eigenvalue weighted by atomic mass is 35.5. The minimum atomic E-state index is 0.225. The standard InChI is InChI=1S/C14H19ClN6S/c1-16-14(22-2)20-8-4-7-12(20)13-17-19-21(18-13)11-6-3-5-10(15)9-11/h3,5-6,9,12,19H,4,7-8H2,1-2H3,(H,17,18)/t12-/m1/s1. The Labute approximate surface area is 139 Å². The van der Waals surface area contributed by atoms with Crippen molar-refractivity contribution in [2.45, 2.75) is 18.9 Å². The van der Waals surface area contributed by atoms with E-state index in [1.807, 2.05) is 31.3 Å². The minimum Gasteiger partial charge on any atom is -0.341 e. The maximum Gasteiger partial charge on any atom is 0.167 e. The highest BCUT2D eigenvalue weighted by Gasteiger charge is 2.34. The Balaban J connectivity index is 1.72. The fraction of sp³-hybridized carbons (Fsp3) is 0.429. The summed E-state index contributed by atoms with van der Waals surface area (Å²) in [4.78, 5) is 6.68. The Kier molecular flexibility index (Phi) is 4.63. The third-order valence-corrected chi connectivity index (χ3v) is 4.77. The molecule has 1 saturated heterocycles. The number of hydrogen-bond acceptors (Lipinski definition) is 6. The van der Waals surface area contributed by atoms with Crippen LogP contribution in [0.15, 0.2) is 34.4 Å². The lowest BCUT2D eigenvalue weighted by Crippen LogP contribution is -2.49. The lowest BCUT2D eigenvalue weighted by Gasteiger charge is -2.27. The predicted molar refractivity (Wildman–Crippen MR) is 94.2 cm³/mol. The molecule has 2 N–H and O–H groups in total. The summed E-state index contributed by atoms with van der Waals surface area (Å²) in [7, 11) is 1.83. The molecular formula is C14H19ClN6S. The molecular weight excluding hydrogens is 320 g/mol. The number of likely N-dealkylation sites (tertiary alicyclic amines) is 1. The van der Waals surface area contributed by atoms with Gasteiger partial charge in [-0.2, -0.15) is 10.7 Å². The van der Waals surface area contributed by atoms with E-state index in [1.54, 1.807) is 16.9 Å². The number of nitrogens with one attached hydrogen (secondary N) is 2. The van der Waals surface area contributed by atoms with Gasteiger partial charge in [-0.05, 0) is 37.3 Å². The summed E-state index contributed by atoms with van der Waals surface area (Å²) in [6.07, 6.45) is 4.26. The number of rotatable bonds is 2. The van der Waals surface area contributed by atoms with Crippen LogP contribution in [0.25, 0.3) is 0 Å². The van der Waals surface area contributed by atoms with Crippen molar-refractivity contribution in [3.8, 4) is 0 Å². The number of halogens is 1. The molecule has 0 amide bonds. The maximum atomic E-state index is 6.04. The molecule has 2 aliphatic rings. The van der Waals surface area contributed by atoms with Gasteiger partial charge in [-0.1, -0.05) is 29.4 Å². The van der Waals surface area contributed by atoms with Crippen LogP contribution in [0.5, 0.6) is 0 Å². The van der Waals surface area contributed by atoms with Crippen molar-refractivity contribution in [3.05, 3.63) is 29.3 Å². The topological polar surface area (TPSA) is 55.3 Å². The number of hydrogen-bond donors (Lipinski definition) is 2. The first kappa shape index (κ1) is 15.3. The maximum absolute atomic E-state index is 6.04. The summed E-state index contributed by atoms with van der Waals surface area (Å²) in [6.45, 7) is 1.01. The van der Waals surface area contributed by atoms with Crippen molar-refractivity contribution in [2.75, 3.05) is 25.0 Å². The van der Waals surface area contributed by atoms with Gasteiger partial charge in [0, 0.05) is 18.6 Å². The van der Waals surface area contributed by atoms with E-state index in [0.717, 1.165) is 36.1 Å². The van der Waals surface area contributed by atoms with E-state index in [1.165, 1.54) is 0 Å². The number of amidine groups is 2. The molecule has 3 rings (SSSR count). The average molecular weight is 339 g/mol. The van der Waals surface area contributed by atoms with Crippen LogP contribution in [0, 0.1) is 0 Å². The van der Waals surface area contributed by atoms with E-state index < -0.39 is 0 Å². The van der Waals surface area contributed by atoms with Crippen LogP contribution in [0.2, 0.25) is 5.02 Å². The first-order chi connectivity index (χ1) is 10.7. The highest BCUT2D eigenvalue weighted by Crippen LogP contribution is 2.24. The van der Waals surface area contributed by atoms with Gasteiger partial charge in [0.1, 0.15) is 0 Å². The van der Waals surface area contributed by atoms with E-state index in [2.05, 4.69) is 32.2 Å². The summed E-state index contributed by atoms with van der Waals surface area (Å²) < 4.78 is 0. The zero-order valence-corrected chi connectivity index (χ0v) is 14.2. The third-order valence-electron chi connectivity index (χ3n) is 3.75. The molecule has 1 fully saturated rings. The number of nitrogens with zero attached hydrogens (tertiary/aromatic N) is 4. The van der Waals surface area contributed by atoms with Gasteiger partial charge in [0.2, 0.25) is 0 Å². The lowest BCUT2D eigenvalue weighted by molar-refractivity contribution is 0.469. The van der Waals surface area contributed by atoms with Gasteiger partial charge < -0.3 is 4.90 Å². The lowest BCUT2D eigenvalue weighted by atomic mass is 10.2. The first-order valence-corrected chi connectivity index (χ1v) is 8.76. The molecule has 2 heterocycles. The van der Waals surface area contributed by atoms with Crippen molar-refractivity contribution in [1.29, 1.82) is 0 Å². The van der Waals surface area contributed by atoms with Gasteiger partial charge >= 0.3 is 0 Å². The van der Waals surface area contributed by atoms with Crippen molar-refractivity contribution >= 4 is 40.1 Å². The number of benzene rings is 1. The number of hydrazone groups is 1. The van der Waals surface area contributed by atoms with Crippen LogP contribution < -0.4 is 16.1 Å². The Bertz CT molecular complexity index is 605. The number of hydrazine groups is 2. The van der Waals surface area contributed by atoms with E-state index in [-0.39, 0.29) is 6.04 Å². The quantitative estimate of drug-likeness (QED) is 0.640. The average Bonchev–Trinajstić information content (AvgIpc) is 3.17.